The number of rotatable bonds is 5. The van der Waals surface area contributed by atoms with Gasteiger partial charge in [-0.25, -0.2) is 4.98 Å². The van der Waals surface area contributed by atoms with Gasteiger partial charge in [-0.1, -0.05) is 42.0 Å². The quantitative estimate of drug-likeness (QED) is 0.632. The molecular formula is C20H19NO2S. The van der Waals surface area contributed by atoms with Crippen molar-refractivity contribution in [2.45, 2.75) is 6.92 Å². The maximum Gasteiger partial charge on any atom is 0.167 e. The molecule has 0 amide bonds. The van der Waals surface area contributed by atoms with Crippen LogP contribution in [0.2, 0.25) is 0 Å². The lowest BCUT2D eigenvalue weighted by Crippen LogP contribution is -1.92. The summed E-state index contributed by atoms with van der Waals surface area (Å²) in [6, 6.07) is 14.2. The zero-order valence-corrected chi connectivity index (χ0v) is 14.8. The molecule has 3 aromatic rings. The van der Waals surface area contributed by atoms with Crippen molar-refractivity contribution in [2.75, 3.05) is 14.2 Å². The molecule has 0 aliphatic heterocycles. The number of methoxy groups -OCH3 is 2. The predicted molar refractivity (Wildman–Crippen MR) is 101 cm³/mol. The minimum atomic E-state index is 0.721. The van der Waals surface area contributed by atoms with Crippen LogP contribution in [0.4, 0.5) is 0 Å². The molecule has 0 fully saturated rings. The third-order valence-electron chi connectivity index (χ3n) is 3.71. The summed E-state index contributed by atoms with van der Waals surface area (Å²) in [7, 11) is 3.29. The van der Waals surface area contributed by atoms with Crippen LogP contribution in [0.5, 0.6) is 11.5 Å². The minimum Gasteiger partial charge on any atom is -0.493 e. The van der Waals surface area contributed by atoms with Crippen molar-refractivity contribution in [3.05, 3.63) is 64.0 Å². The van der Waals surface area contributed by atoms with Crippen molar-refractivity contribution in [1.82, 2.24) is 4.98 Å². The molecule has 3 rings (SSSR count). The fraction of sp³-hybridized carbons (Fsp3) is 0.150. The molecule has 0 bridgehead atoms. The summed E-state index contributed by atoms with van der Waals surface area (Å²) < 4.78 is 10.8. The largest absolute Gasteiger partial charge is 0.493 e. The summed E-state index contributed by atoms with van der Waals surface area (Å²) in [4.78, 5) is 4.68. The molecule has 0 N–H and O–H groups in total. The standard InChI is InChI=1S/C20H19NO2S/c1-14-7-9-15(10-8-14)17-13-24-19(21-17)12-11-16-5-4-6-18(22-2)20(16)23-3/h4-13H,1-3H3/b12-11+. The van der Waals surface area contributed by atoms with Crippen LogP contribution in [-0.2, 0) is 0 Å². The molecule has 122 valence electrons. The Kier molecular flexibility index (Phi) is 4.96. The number of aryl methyl sites for hydroxylation is 1. The van der Waals surface area contributed by atoms with Crippen molar-refractivity contribution >= 4 is 23.5 Å². The number of para-hydroxylation sites is 1. The molecule has 4 heteroatoms. The number of benzene rings is 2. The molecule has 0 atom stereocenters. The first-order valence-corrected chi connectivity index (χ1v) is 8.51. The van der Waals surface area contributed by atoms with Gasteiger partial charge in [-0.15, -0.1) is 11.3 Å². The summed E-state index contributed by atoms with van der Waals surface area (Å²) in [5.41, 5.74) is 4.34. The number of aromatic nitrogens is 1. The second-order valence-corrected chi connectivity index (χ2v) is 6.24. The Morgan fingerprint density at radius 2 is 1.75 bits per heavy atom. The van der Waals surface area contributed by atoms with Crippen molar-refractivity contribution in [3.63, 3.8) is 0 Å². The van der Waals surface area contributed by atoms with E-state index in [0.717, 1.165) is 33.3 Å². The Balaban J connectivity index is 1.85. The second kappa shape index (κ2) is 7.32. The van der Waals surface area contributed by atoms with Gasteiger partial charge in [0, 0.05) is 16.5 Å². The molecule has 0 aliphatic rings. The van der Waals surface area contributed by atoms with Gasteiger partial charge in [-0.05, 0) is 25.1 Å². The monoisotopic (exact) mass is 337 g/mol. The zero-order valence-electron chi connectivity index (χ0n) is 13.9. The van der Waals surface area contributed by atoms with Gasteiger partial charge in [0.25, 0.3) is 0 Å². The SMILES string of the molecule is COc1cccc(/C=C/c2nc(-c3ccc(C)cc3)cs2)c1OC. The van der Waals surface area contributed by atoms with Crippen molar-refractivity contribution in [3.8, 4) is 22.8 Å². The Morgan fingerprint density at radius 3 is 2.46 bits per heavy atom. The highest BCUT2D eigenvalue weighted by molar-refractivity contribution is 7.10. The van der Waals surface area contributed by atoms with Crippen molar-refractivity contribution in [1.29, 1.82) is 0 Å². The van der Waals surface area contributed by atoms with Gasteiger partial charge in [0.2, 0.25) is 0 Å². The highest BCUT2D eigenvalue weighted by Crippen LogP contribution is 2.32. The van der Waals surface area contributed by atoms with Gasteiger partial charge in [-0.2, -0.15) is 0 Å². The van der Waals surface area contributed by atoms with Crippen LogP contribution >= 0.6 is 11.3 Å². The molecule has 0 unspecified atom stereocenters. The van der Waals surface area contributed by atoms with Gasteiger partial charge < -0.3 is 9.47 Å². The normalized spacial score (nSPS) is 11.0. The maximum absolute atomic E-state index is 5.45. The Morgan fingerprint density at radius 1 is 0.958 bits per heavy atom. The van der Waals surface area contributed by atoms with Crippen LogP contribution in [-0.4, -0.2) is 19.2 Å². The Bertz CT molecular complexity index is 850. The summed E-state index contributed by atoms with van der Waals surface area (Å²) in [5.74, 6) is 1.45. The Labute approximate surface area is 146 Å². The van der Waals surface area contributed by atoms with E-state index in [1.165, 1.54) is 5.56 Å². The number of hydrogen-bond acceptors (Lipinski definition) is 4. The predicted octanol–water partition coefficient (Wildman–Crippen LogP) is 5.31. The second-order valence-electron chi connectivity index (χ2n) is 5.35. The number of hydrogen-bond donors (Lipinski definition) is 0. The van der Waals surface area contributed by atoms with Crippen LogP contribution in [0, 0.1) is 6.92 Å². The average molecular weight is 337 g/mol. The van der Waals surface area contributed by atoms with E-state index in [0.29, 0.717) is 0 Å². The van der Waals surface area contributed by atoms with Crippen molar-refractivity contribution in [2.24, 2.45) is 0 Å². The van der Waals surface area contributed by atoms with Gasteiger partial charge >= 0.3 is 0 Å². The summed E-state index contributed by atoms with van der Waals surface area (Å²) in [5, 5.41) is 3.03. The summed E-state index contributed by atoms with van der Waals surface area (Å²) in [6.45, 7) is 2.08. The van der Waals surface area contributed by atoms with E-state index in [-0.39, 0.29) is 0 Å². The van der Waals surface area contributed by atoms with Gasteiger partial charge in [0.1, 0.15) is 5.01 Å². The molecule has 0 radical (unpaired) electrons. The van der Waals surface area contributed by atoms with E-state index in [9.17, 15) is 0 Å². The maximum atomic E-state index is 5.45. The number of thiazole rings is 1. The molecule has 0 spiro atoms. The molecule has 2 aromatic carbocycles. The van der Waals surface area contributed by atoms with Gasteiger partial charge in [0.15, 0.2) is 11.5 Å². The van der Waals surface area contributed by atoms with Crippen molar-refractivity contribution < 1.29 is 9.47 Å². The molecule has 3 nitrogen and oxygen atoms in total. The van der Waals surface area contributed by atoms with E-state index in [4.69, 9.17) is 9.47 Å². The van der Waals surface area contributed by atoms with Crippen LogP contribution < -0.4 is 9.47 Å². The summed E-state index contributed by atoms with van der Waals surface area (Å²) >= 11 is 1.62. The molecule has 1 aromatic heterocycles. The minimum absolute atomic E-state index is 0.721. The molecule has 0 saturated heterocycles. The molecule has 1 heterocycles. The molecule has 0 aliphatic carbocycles. The number of nitrogens with zero attached hydrogens (tertiary/aromatic N) is 1. The van der Waals surface area contributed by atoms with E-state index in [2.05, 4.69) is 41.6 Å². The third-order valence-corrected chi connectivity index (χ3v) is 4.52. The Hall–Kier alpha value is -2.59. The van der Waals surface area contributed by atoms with Crippen LogP contribution in [0.25, 0.3) is 23.4 Å². The number of ether oxygens (including phenoxy) is 2. The fourth-order valence-electron chi connectivity index (χ4n) is 2.43. The van der Waals surface area contributed by atoms with E-state index < -0.39 is 0 Å². The molecule has 24 heavy (non-hydrogen) atoms. The van der Waals surface area contributed by atoms with Crippen LogP contribution in [0.15, 0.2) is 47.8 Å². The highest BCUT2D eigenvalue weighted by atomic mass is 32.1. The zero-order chi connectivity index (χ0) is 16.9. The third kappa shape index (κ3) is 3.49. The smallest absolute Gasteiger partial charge is 0.167 e. The fourth-order valence-corrected chi connectivity index (χ4v) is 3.14. The van der Waals surface area contributed by atoms with E-state index >= 15 is 0 Å². The van der Waals surface area contributed by atoms with Gasteiger partial charge in [-0.3, -0.25) is 0 Å². The molecule has 0 saturated carbocycles. The summed E-state index contributed by atoms with van der Waals surface area (Å²) in [6.07, 6.45) is 4.00. The molecular weight excluding hydrogens is 318 g/mol. The first kappa shape index (κ1) is 16.3. The first-order chi connectivity index (χ1) is 11.7. The lowest BCUT2D eigenvalue weighted by molar-refractivity contribution is 0.354. The lowest BCUT2D eigenvalue weighted by Gasteiger charge is -2.09. The lowest BCUT2D eigenvalue weighted by atomic mass is 10.1. The van der Waals surface area contributed by atoms with E-state index in [1.54, 1.807) is 25.6 Å². The first-order valence-electron chi connectivity index (χ1n) is 7.63. The topological polar surface area (TPSA) is 31.4 Å². The highest BCUT2D eigenvalue weighted by Gasteiger charge is 2.07. The van der Waals surface area contributed by atoms with Gasteiger partial charge in [0.05, 0.1) is 19.9 Å². The van der Waals surface area contributed by atoms with Crippen LogP contribution in [0.1, 0.15) is 16.1 Å². The van der Waals surface area contributed by atoms with E-state index in [1.807, 2.05) is 30.4 Å². The van der Waals surface area contributed by atoms with Crippen LogP contribution in [0.3, 0.4) is 0 Å². The average Bonchev–Trinajstić information content (AvgIpc) is 3.09.